The zero-order chi connectivity index (χ0) is 30.1. The lowest BCUT2D eigenvalue weighted by atomic mass is 9.66. The molecule has 3 aliphatic rings. The Bertz CT molecular complexity index is 1380. The van der Waals surface area contributed by atoms with Crippen LogP contribution in [0.15, 0.2) is 67.8 Å². The molecule has 3 aliphatic heterocycles. The van der Waals surface area contributed by atoms with Gasteiger partial charge in [-0.2, -0.15) is 0 Å². The van der Waals surface area contributed by atoms with Crippen molar-refractivity contribution >= 4 is 45.9 Å². The van der Waals surface area contributed by atoms with Crippen LogP contribution in [-0.4, -0.2) is 80.9 Å². The molecule has 5 rings (SSSR count). The van der Waals surface area contributed by atoms with Crippen LogP contribution in [0.3, 0.4) is 0 Å². The molecule has 0 saturated carbocycles. The minimum absolute atomic E-state index is 0.00689. The standard InChI is InChI=1S/C34H43N3O4S/c1-5-18-35(19-6-2)30(39)27-28-31(40)37(21-10-11-22-38)29(34(28)17-16-33(27,4)42-34)32(41)36(20-7-3)26-15-14-24-12-8-9-13-25(24)23-26/h5,7-9,12-15,23,27-29,38H,1,3,6,10-11,16-22H2,2,4H3/t27-,28+,29?,33+,34?/m1/s1. The summed E-state index contributed by atoms with van der Waals surface area (Å²) in [7, 11) is 0. The van der Waals surface area contributed by atoms with Gasteiger partial charge in [0, 0.05) is 43.2 Å². The van der Waals surface area contributed by atoms with Crippen LogP contribution in [0.2, 0.25) is 0 Å². The van der Waals surface area contributed by atoms with Gasteiger partial charge in [0.05, 0.1) is 16.6 Å². The van der Waals surface area contributed by atoms with E-state index >= 15 is 0 Å². The van der Waals surface area contributed by atoms with E-state index in [9.17, 15) is 19.5 Å². The molecule has 7 nitrogen and oxygen atoms in total. The number of nitrogens with zero attached hydrogens (tertiary/aromatic N) is 3. The van der Waals surface area contributed by atoms with Crippen LogP contribution in [0.4, 0.5) is 5.69 Å². The van der Waals surface area contributed by atoms with Crippen molar-refractivity contribution < 1.29 is 19.5 Å². The van der Waals surface area contributed by atoms with Crippen LogP contribution in [0.1, 0.15) is 46.0 Å². The van der Waals surface area contributed by atoms with Crippen LogP contribution < -0.4 is 4.90 Å². The van der Waals surface area contributed by atoms with Crippen molar-refractivity contribution in [1.29, 1.82) is 0 Å². The van der Waals surface area contributed by atoms with Gasteiger partial charge >= 0.3 is 0 Å². The van der Waals surface area contributed by atoms with E-state index in [0.717, 1.165) is 29.3 Å². The molecule has 3 saturated heterocycles. The molecule has 0 radical (unpaired) electrons. The van der Waals surface area contributed by atoms with E-state index in [4.69, 9.17) is 0 Å². The van der Waals surface area contributed by atoms with E-state index in [0.29, 0.717) is 45.4 Å². The van der Waals surface area contributed by atoms with Crippen LogP contribution in [-0.2, 0) is 14.4 Å². The maximum absolute atomic E-state index is 14.8. The number of aliphatic hydroxyl groups is 1. The molecule has 2 aromatic carbocycles. The van der Waals surface area contributed by atoms with Crippen molar-refractivity contribution in [2.75, 3.05) is 37.7 Å². The second kappa shape index (κ2) is 12.3. The number of hydrogen-bond donors (Lipinski definition) is 1. The number of rotatable bonds is 13. The highest BCUT2D eigenvalue weighted by Crippen LogP contribution is 2.71. The summed E-state index contributed by atoms with van der Waals surface area (Å²) in [6.07, 6.45) is 6.89. The van der Waals surface area contributed by atoms with Crippen molar-refractivity contribution in [2.45, 2.75) is 61.5 Å². The van der Waals surface area contributed by atoms with E-state index in [-0.39, 0.29) is 24.3 Å². The lowest BCUT2D eigenvalue weighted by Gasteiger charge is -2.38. The maximum atomic E-state index is 14.8. The number of amides is 3. The lowest BCUT2D eigenvalue weighted by Crippen LogP contribution is -2.55. The Labute approximate surface area is 253 Å². The first kappa shape index (κ1) is 30.4. The summed E-state index contributed by atoms with van der Waals surface area (Å²) >= 11 is 1.70. The van der Waals surface area contributed by atoms with Gasteiger partial charge in [-0.25, -0.2) is 0 Å². The zero-order valence-corrected chi connectivity index (χ0v) is 25.7. The van der Waals surface area contributed by atoms with Gasteiger partial charge in [-0.05, 0) is 61.9 Å². The van der Waals surface area contributed by atoms with Crippen molar-refractivity contribution in [3.63, 3.8) is 0 Å². The van der Waals surface area contributed by atoms with Gasteiger partial charge in [0.15, 0.2) is 0 Å². The lowest BCUT2D eigenvalue weighted by molar-refractivity contribution is -0.145. The second-order valence-electron chi connectivity index (χ2n) is 12.0. The number of carbonyl (C=O) groups is 3. The molecule has 3 amide bonds. The Morgan fingerprint density at radius 1 is 1.07 bits per heavy atom. The number of likely N-dealkylation sites (tertiary alicyclic amines) is 1. The monoisotopic (exact) mass is 589 g/mol. The third-order valence-corrected chi connectivity index (χ3v) is 11.3. The van der Waals surface area contributed by atoms with Crippen LogP contribution in [0, 0.1) is 11.8 Å². The Balaban J connectivity index is 1.57. The third-order valence-electron chi connectivity index (χ3n) is 9.36. The summed E-state index contributed by atoms with van der Waals surface area (Å²) in [5.74, 6) is -1.31. The number of benzene rings is 2. The van der Waals surface area contributed by atoms with Gasteiger partial charge in [0.25, 0.3) is 5.91 Å². The van der Waals surface area contributed by atoms with E-state index in [1.54, 1.807) is 33.7 Å². The van der Waals surface area contributed by atoms with Crippen LogP contribution >= 0.6 is 11.8 Å². The number of aliphatic hydroxyl groups excluding tert-OH is 1. The smallest absolute Gasteiger partial charge is 0.251 e. The summed E-state index contributed by atoms with van der Waals surface area (Å²) in [5.41, 5.74) is 0.762. The average Bonchev–Trinajstić information content (AvgIpc) is 3.55. The molecule has 1 N–H and O–H groups in total. The largest absolute Gasteiger partial charge is 0.396 e. The highest BCUT2D eigenvalue weighted by molar-refractivity contribution is 8.02. The molecular weight excluding hydrogens is 546 g/mol. The Hall–Kier alpha value is -3.10. The highest BCUT2D eigenvalue weighted by atomic mass is 32.2. The summed E-state index contributed by atoms with van der Waals surface area (Å²) in [5, 5.41) is 11.6. The number of thioether (sulfide) groups is 1. The predicted molar refractivity (Wildman–Crippen MR) is 170 cm³/mol. The molecular formula is C34H43N3O4S. The number of fused-ring (bicyclic) bond motifs is 2. The number of hydrogen-bond acceptors (Lipinski definition) is 5. The molecule has 8 heteroatoms. The summed E-state index contributed by atoms with van der Waals surface area (Å²) < 4.78 is -1.11. The molecule has 1 spiro atoms. The minimum Gasteiger partial charge on any atom is -0.396 e. The van der Waals surface area contributed by atoms with E-state index in [1.807, 2.05) is 54.3 Å². The first-order chi connectivity index (χ1) is 20.3. The van der Waals surface area contributed by atoms with Gasteiger partial charge in [0.2, 0.25) is 11.8 Å². The van der Waals surface area contributed by atoms with Gasteiger partial charge in [-0.1, -0.05) is 49.4 Å². The molecule has 5 atom stereocenters. The van der Waals surface area contributed by atoms with Crippen molar-refractivity contribution in [2.24, 2.45) is 11.8 Å². The number of unbranched alkanes of at least 4 members (excludes halogenated alkanes) is 1. The van der Waals surface area contributed by atoms with E-state index in [1.165, 1.54) is 0 Å². The van der Waals surface area contributed by atoms with Gasteiger partial charge in [-0.15, -0.1) is 24.9 Å². The van der Waals surface area contributed by atoms with Crippen molar-refractivity contribution in [3.05, 3.63) is 67.8 Å². The number of carbonyl (C=O) groups excluding carboxylic acids is 3. The normalized spacial score (nSPS) is 27.7. The summed E-state index contributed by atoms with van der Waals surface area (Å²) in [6.45, 7) is 13.7. The highest BCUT2D eigenvalue weighted by Gasteiger charge is 2.77. The van der Waals surface area contributed by atoms with Gasteiger partial charge in [-0.3, -0.25) is 14.4 Å². The molecule has 2 unspecified atom stereocenters. The molecule has 2 bridgehead atoms. The van der Waals surface area contributed by atoms with E-state index < -0.39 is 27.4 Å². The quantitative estimate of drug-likeness (QED) is 0.262. The molecule has 0 aromatic heterocycles. The fourth-order valence-corrected chi connectivity index (χ4v) is 9.92. The third kappa shape index (κ3) is 4.96. The van der Waals surface area contributed by atoms with Crippen LogP contribution in [0.5, 0.6) is 0 Å². The Kier molecular flexibility index (Phi) is 8.86. The minimum atomic E-state index is -0.705. The summed E-state index contributed by atoms with van der Waals surface area (Å²) in [6, 6.07) is 13.3. The Morgan fingerprint density at radius 2 is 1.81 bits per heavy atom. The SMILES string of the molecule is C=CCN(CCC)C(=O)[C@H]1[C@H]2C(=O)N(CCCCO)C(C(=O)N(CC=C)c3ccc4ccccc4c3)C23CC[C@]1(C)S3. The average molecular weight is 590 g/mol. The predicted octanol–water partition coefficient (Wildman–Crippen LogP) is 5.04. The Morgan fingerprint density at radius 3 is 2.50 bits per heavy atom. The zero-order valence-electron chi connectivity index (χ0n) is 24.8. The summed E-state index contributed by atoms with van der Waals surface area (Å²) in [4.78, 5) is 48.8. The fourth-order valence-electron chi connectivity index (χ4n) is 7.57. The van der Waals surface area contributed by atoms with Gasteiger partial charge < -0.3 is 19.8 Å². The first-order valence-electron chi connectivity index (χ1n) is 15.2. The first-order valence-corrected chi connectivity index (χ1v) is 16.0. The molecule has 0 aliphatic carbocycles. The molecule has 2 aromatic rings. The molecule has 3 fully saturated rings. The topological polar surface area (TPSA) is 81.2 Å². The molecule has 42 heavy (non-hydrogen) atoms. The maximum Gasteiger partial charge on any atom is 0.251 e. The van der Waals surface area contributed by atoms with E-state index in [2.05, 4.69) is 20.1 Å². The number of anilines is 1. The van der Waals surface area contributed by atoms with Crippen molar-refractivity contribution in [1.82, 2.24) is 9.80 Å². The second-order valence-corrected chi connectivity index (χ2v) is 13.9. The van der Waals surface area contributed by atoms with Gasteiger partial charge in [0.1, 0.15) is 6.04 Å². The molecule has 224 valence electrons. The van der Waals surface area contributed by atoms with Crippen molar-refractivity contribution in [3.8, 4) is 0 Å². The molecule has 3 heterocycles. The fraction of sp³-hybridized carbons (Fsp3) is 0.500. The van der Waals surface area contributed by atoms with Crippen LogP contribution in [0.25, 0.3) is 10.8 Å².